The van der Waals surface area contributed by atoms with Gasteiger partial charge in [-0.3, -0.25) is 9.59 Å². The lowest BCUT2D eigenvalue weighted by Crippen LogP contribution is -2.52. The molecule has 166 valence electrons. The second kappa shape index (κ2) is 10.4. The molecule has 1 fully saturated rings. The third-order valence-corrected chi connectivity index (χ3v) is 6.04. The molecule has 2 aromatic carbocycles. The van der Waals surface area contributed by atoms with Gasteiger partial charge in [0.2, 0.25) is 11.8 Å². The van der Waals surface area contributed by atoms with E-state index in [-0.39, 0.29) is 17.6 Å². The van der Waals surface area contributed by atoms with Gasteiger partial charge < -0.3 is 21.1 Å². The van der Waals surface area contributed by atoms with Gasteiger partial charge in [0.1, 0.15) is 11.8 Å². The van der Waals surface area contributed by atoms with Gasteiger partial charge >= 0.3 is 0 Å². The number of rotatable bonds is 8. The molecule has 0 spiro atoms. The second-order valence-electron chi connectivity index (χ2n) is 8.44. The van der Waals surface area contributed by atoms with Crippen LogP contribution in [-0.2, 0) is 22.4 Å². The van der Waals surface area contributed by atoms with Gasteiger partial charge in [-0.05, 0) is 80.3 Å². The molecular weight excluding hydrogens is 390 g/mol. The molecule has 2 amide bonds. The van der Waals surface area contributed by atoms with Gasteiger partial charge in [-0.1, -0.05) is 30.3 Å². The van der Waals surface area contributed by atoms with Crippen molar-refractivity contribution in [1.82, 2.24) is 10.2 Å². The maximum atomic E-state index is 13.0. The molecule has 0 aromatic heterocycles. The van der Waals surface area contributed by atoms with Crippen LogP contribution in [0.2, 0.25) is 0 Å². The molecule has 31 heavy (non-hydrogen) atoms. The Kier molecular flexibility index (Phi) is 7.69. The molecule has 0 bridgehead atoms. The van der Waals surface area contributed by atoms with E-state index in [1.54, 1.807) is 17.0 Å². The van der Waals surface area contributed by atoms with Crippen molar-refractivity contribution in [1.29, 1.82) is 0 Å². The monoisotopic (exact) mass is 423 g/mol. The quantitative estimate of drug-likeness (QED) is 0.569. The normalized spacial score (nSPS) is 16.9. The fraction of sp³-hybridized carbons (Fsp3) is 0.440. The van der Waals surface area contributed by atoms with Gasteiger partial charge in [0.15, 0.2) is 0 Å². The molecule has 2 atom stereocenters. The first-order chi connectivity index (χ1) is 14.9. The summed E-state index contributed by atoms with van der Waals surface area (Å²) in [4.78, 5) is 27.4. The predicted octanol–water partition coefficient (Wildman–Crippen LogP) is 2.62. The van der Waals surface area contributed by atoms with E-state index in [0.717, 1.165) is 36.0 Å². The summed E-state index contributed by atoms with van der Waals surface area (Å²) in [5.41, 5.74) is 10.3. The summed E-state index contributed by atoms with van der Waals surface area (Å²) in [6.45, 7) is 4.95. The molecule has 2 aromatic rings. The zero-order chi connectivity index (χ0) is 22.4. The molecule has 3 rings (SSSR count). The lowest BCUT2D eigenvalue weighted by Gasteiger charge is -2.27. The molecule has 1 unspecified atom stereocenters. The first-order valence-corrected chi connectivity index (χ1v) is 11.0. The minimum Gasteiger partial charge on any atom is -0.508 e. The van der Waals surface area contributed by atoms with Gasteiger partial charge in [0.05, 0.1) is 6.04 Å². The van der Waals surface area contributed by atoms with Gasteiger partial charge in [-0.25, -0.2) is 0 Å². The van der Waals surface area contributed by atoms with Crippen LogP contribution in [0.25, 0.3) is 0 Å². The molecule has 6 heteroatoms. The summed E-state index contributed by atoms with van der Waals surface area (Å²) >= 11 is 0. The summed E-state index contributed by atoms with van der Waals surface area (Å²) < 4.78 is 0. The van der Waals surface area contributed by atoms with Crippen LogP contribution in [0.1, 0.15) is 41.5 Å². The average Bonchev–Trinajstić information content (AvgIpc) is 3.23. The Labute approximate surface area is 184 Å². The van der Waals surface area contributed by atoms with Crippen molar-refractivity contribution in [2.24, 2.45) is 5.73 Å². The third kappa shape index (κ3) is 5.85. The second-order valence-corrected chi connectivity index (χ2v) is 8.44. The maximum absolute atomic E-state index is 13.0. The molecule has 0 aliphatic carbocycles. The molecule has 1 aliphatic heterocycles. The summed E-state index contributed by atoms with van der Waals surface area (Å²) in [5.74, 6) is -0.0703. The number of hydrogen-bond acceptors (Lipinski definition) is 4. The van der Waals surface area contributed by atoms with Crippen molar-refractivity contribution in [3.63, 3.8) is 0 Å². The molecule has 1 heterocycles. The standard InChI is InChI=1S/C25H33N3O3/c1-17-14-20(29)15-18(2)21(17)16-22(26)25(31)28-13-7-11-23(28)24(30)27-12-6-10-19-8-4-3-5-9-19/h3-5,8-9,14-15,22-23,29H,6-7,10-13,16,26H2,1-2H3,(H,27,30)/t22?,23-/m1/s1. The van der Waals surface area contributed by atoms with Crippen molar-refractivity contribution in [3.05, 3.63) is 64.7 Å². The van der Waals surface area contributed by atoms with Gasteiger partial charge in [-0.2, -0.15) is 0 Å². The Morgan fingerprint density at radius 3 is 2.55 bits per heavy atom. The van der Waals surface area contributed by atoms with Crippen molar-refractivity contribution in [2.45, 2.75) is 58.0 Å². The molecule has 0 radical (unpaired) electrons. The summed E-state index contributed by atoms with van der Waals surface area (Å²) in [7, 11) is 0. The summed E-state index contributed by atoms with van der Waals surface area (Å²) in [6.07, 6.45) is 3.62. The number of carbonyl (C=O) groups is 2. The predicted molar refractivity (Wildman–Crippen MR) is 122 cm³/mol. The third-order valence-electron chi connectivity index (χ3n) is 6.04. The Balaban J connectivity index is 1.53. The number of nitrogens with two attached hydrogens (primary N) is 1. The van der Waals surface area contributed by atoms with E-state index in [1.807, 2.05) is 32.0 Å². The average molecular weight is 424 g/mol. The van der Waals surface area contributed by atoms with Crippen LogP contribution in [0.15, 0.2) is 42.5 Å². The van der Waals surface area contributed by atoms with Crippen LogP contribution >= 0.6 is 0 Å². The highest BCUT2D eigenvalue weighted by Crippen LogP contribution is 2.24. The smallest absolute Gasteiger partial charge is 0.242 e. The van der Waals surface area contributed by atoms with Gasteiger partial charge in [-0.15, -0.1) is 0 Å². The summed E-state index contributed by atoms with van der Waals surface area (Å²) in [5, 5.41) is 12.7. The van der Waals surface area contributed by atoms with Crippen LogP contribution in [0, 0.1) is 13.8 Å². The lowest BCUT2D eigenvalue weighted by molar-refractivity contribution is -0.139. The number of benzene rings is 2. The number of aryl methyl sites for hydroxylation is 3. The molecular formula is C25H33N3O3. The number of phenolic OH excluding ortho intramolecular Hbond substituents is 1. The first kappa shape index (κ1) is 22.8. The van der Waals surface area contributed by atoms with Gasteiger partial charge in [0.25, 0.3) is 0 Å². The minimum absolute atomic E-state index is 0.0943. The number of nitrogens with zero attached hydrogens (tertiary/aromatic N) is 1. The topological polar surface area (TPSA) is 95.7 Å². The lowest BCUT2D eigenvalue weighted by atomic mass is 9.95. The Hall–Kier alpha value is -2.86. The number of amides is 2. The zero-order valence-corrected chi connectivity index (χ0v) is 18.4. The number of hydrogen-bond donors (Lipinski definition) is 3. The fourth-order valence-corrected chi connectivity index (χ4v) is 4.38. The largest absolute Gasteiger partial charge is 0.508 e. The molecule has 6 nitrogen and oxygen atoms in total. The van der Waals surface area contributed by atoms with Crippen molar-refractivity contribution >= 4 is 11.8 Å². The van der Waals surface area contributed by atoms with E-state index in [9.17, 15) is 14.7 Å². The van der Waals surface area contributed by atoms with Crippen LogP contribution in [0.5, 0.6) is 5.75 Å². The van der Waals surface area contributed by atoms with E-state index < -0.39 is 12.1 Å². The Morgan fingerprint density at radius 2 is 1.87 bits per heavy atom. The van der Waals surface area contributed by atoms with Crippen molar-refractivity contribution < 1.29 is 14.7 Å². The van der Waals surface area contributed by atoms with E-state index >= 15 is 0 Å². The number of likely N-dealkylation sites (tertiary alicyclic amines) is 1. The van der Waals surface area contributed by atoms with Crippen LogP contribution in [-0.4, -0.2) is 47.0 Å². The van der Waals surface area contributed by atoms with E-state index in [1.165, 1.54) is 5.56 Å². The first-order valence-electron chi connectivity index (χ1n) is 11.0. The molecule has 1 saturated heterocycles. The number of nitrogens with one attached hydrogen (secondary N) is 1. The fourth-order valence-electron chi connectivity index (χ4n) is 4.38. The summed E-state index contributed by atoms with van der Waals surface area (Å²) in [6, 6.07) is 12.4. The highest BCUT2D eigenvalue weighted by atomic mass is 16.3. The highest BCUT2D eigenvalue weighted by molar-refractivity contribution is 5.90. The van der Waals surface area contributed by atoms with Crippen molar-refractivity contribution in [2.75, 3.05) is 13.1 Å². The SMILES string of the molecule is Cc1cc(O)cc(C)c1CC(N)C(=O)N1CCC[C@@H]1C(=O)NCCCc1ccccc1. The minimum atomic E-state index is -0.714. The van der Waals surface area contributed by atoms with Crippen LogP contribution < -0.4 is 11.1 Å². The van der Waals surface area contributed by atoms with Crippen LogP contribution in [0.4, 0.5) is 0 Å². The van der Waals surface area contributed by atoms with E-state index in [4.69, 9.17) is 5.73 Å². The zero-order valence-electron chi connectivity index (χ0n) is 18.4. The van der Waals surface area contributed by atoms with E-state index in [2.05, 4.69) is 17.4 Å². The molecule has 0 saturated carbocycles. The molecule has 1 aliphatic rings. The van der Waals surface area contributed by atoms with Crippen molar-refractivity contribution in [3.8, 4) is 5.75 Å². The number of carbonyl (C=O) groups excluding carboxylic acids is 2. The van der Waals surface area contributed by atoms with Gasteiger partial charge in [0, 0.05) is 13.1 Å². The van der Waals surface area contributed by atoms with Crippen LogP contribution in [0.3, 0.4) is 0 Å². The Bertz CT molecular complexity index is 890. The maximum Gasteiger partial charge on any atom is 0.242 e. The molecule has 4 N–H and O–H groups in total. The van der Waals surface area contributed by atoms with E-state index in [0.29, 0.717) is 25.9 Å². The number of aromatic hydroxyl groups is 1. The number of phenols is 1. The highest BCUT2D eigenvalue weighted by Gasteiger charge is 2.36. The Morgan fingerprint density at radius 1 is 1.19 bits per heavy atom.